The average Bonchev–Trinajstić information content (AvgIpc) is 2.74. The molecule has 2 aromatic rings. The molecule has 0 unspecified atom stereocenters. The zero-order valence-electron chi connectivity index (χ0n) is 16.4. The Morgan fingerprint density at radius 2 is 1.73 bits per heavy atom. The summed E-state index contributed by atoms with van der Waals surface area (Å²) in [7, 11) is 3.14. The van der Waals surface area contributed by atoms with Crippen LogP contribution >= 0.6 is 11.6 Å². The number of urea groups is 1. The van der Waals surface area contributed by atoms with Crippen LogP contribution in [0.25, 0.3) is 0 Å². The monoisotopic (exact) mass is 443 g/mol. The number of nitrogens with one attached hydrogen (secondary N) is 1. The summed E-state index contributed by atoms with van der Waals surface area (Å²) in [6, 6.07) is 7.82. The molecule has 0 bridgehead atoms. The molecule has 1 aliphatic rings. The Hall–Kier alpha value is -2.81. The normalized spacial score (nSPS) is 14.5. The van der Waals surface area contributed by atoms with Gasteiger partial charge in [0, 0.05) is 32.2 Å². The van der Waals surface area contributed by atoms with Gasteiger partial charge in [-0.25, -0.2) is 4.79 Å². The summed E-state index contributed by atoms with van der Waals surface area (Å²) in [6.07, 6.45) is -4.52. The molecular weight excluding hydrogens is 423 g/mol. The quantitative estimate of drug-likeness (QED) is 0.742. The molecule has 30 heavy (non-hydrogen) atoms. The van der Waals surface area contributed by atoms with E-state index in [4.69, 9.17) is 21.1 Å². The van der Waals surface area contributed by atoms with E-state index >= 15 is 0 Å². The zero-order valence-corrected chi connectivity index (χ0v) is 17.2. The zero-order chi connectivity index (χ0) is 21.9. The van der Waals surface area contributed by atoms with Crippen molar-refractivity contribution in [1.29, 1.82) is 0 Å². The van der Waals surface area contributed by atoms with Crippen molar-refractivity contribution in [1.82, 2.24) is 4.90 Å². The lowest BCUT2D eigenvalue weighted by atomic mass is 10.2. The number of benzene rings is 2. The Labute approximate surface area is 177 Å². The van der Waals surface area contributed by atoms with Gasteiger partial charge in [0.1, 0.15) is 11.5 Å². The Kier molecular flexibility index (Phi) is 6.50. The Bertz CT molecular complexity index is 916. The van der Waals surface area contributed by atoms with Crippen LogP contribution in [0, 0.1) is 0 Å². The summed E-state index contributed by atoms with van der Waals surface area (Å²) in [5.41, 5.74) is -0.0753. The SMILES string of the molecule is COc1ccc(N2CCN(C(=O)Nc3cc(C(F)(F)F)ccc3Cl)CC2)c(OC)c1. The second-order valence-corrected chi connectivity index (χ2v) is 7.04. The van der Waals surface area contributed by atoms with Crippen molar-refractivity contribution in [2.75, 3.05) is 50.6 Å². The largest absolute Gasteiger partial charge is 0.497 e. The predicted molar refractivity (Wildman–Crippen MR) is 109 cm³/mol. The summed E-state index contributed by atoms with van der Waals surface area (Å²) in [4.78, 5) is 16.1. The van der Waals surface area contributed by atoms with E-state index in [0.717, 1.165) is 23.9 Å². The van der Waals surface area contributed by atoms with Crippen LogP contribution in [0.2, 0.25) is 5.02 Å². The van der Waals surface area contributed by atoms with Crippen molar-refractivity contribution in [3.8, 4) is 11.5 Å². The minimum Gasteiger partial charge on any atom is -0.497 e. The van der Waals surface area contributed by atoms with Crippen LogP contribution in [0.15, 0.2) is 36.4 Å². The predicted octanol–water partition coefficient (Wildman–Crippen LogP) is 4.73. The molecule has 0 saturated carbocycles. The van der Waals surface area contributed by atoms with Gasteiger partial charge in [-0.15, -0.1) is 0 Å². The van der Waals surface area contributed by atoms with E-state index in [0.29, 0.717) is 37.7 Å². The first-order valence-corrected chi connectivity index (χ1v) is 9.50. The van der Waals surface area contributed by atoms with Crippen LogP contribution in [0.5, 0.6) is 11.5 Å². The van der Waals surface area contributed by atoms with Crippen molar-refractivity contribution in [2.45, 2.75) is 6.18 Å². The van der Waals surface area contributed by atoms with Crippen molar-refractivity contribution >= 4 is 29.0 Å². The molecule has 1 aliphatic heterocycles. The summed E-state index contributed by atoms with van der Waals surface area (Å²) in [6.45, 7) is 1.84. The van der Waals surface area contributed by atoms with Crippen molar-refractivity contribution < 1.29 is 27.4 Å². The van der Waals surface area contributed by atoms with Crippen LogP contribution in [0.1, 0.15) is 5.56 Å². The number of methoxy groups -OCH3 is 2. The van der Waals surface area contributed by atoms with E-state index in [1.54, 1.807) is 20.3 Å². The minimum atomic E-state index is -4.52. The summed E-state index contributed by atoms with van der Waals surface area (Å²) in [5, 5.41) is 2.52. The van der Waals surface area contributed by atoms with Gasteiger partial charge in [-0.1, -0.05) is 11.6 Å². The lowest BCUT2D eigenvalue weighted by Crippen LogP contribution is -2.50. The summed E-state index contributed by atoms with van der Waals surface area (Å²) >= 11 is 5.96. The van der Waals surface area contributed by atoms with Gasteiger partial charge in [0.15, 0.2) is 0 Å². The number of anilines is 2. The molecule has 1 heterocycles. The molecule has 0 aromatic heterocycles. The average molecular weight is 444 g/mol. The van der Waals surface area contributed by atoms with Crippen LogP contribution in [-0.4, -0.2) is 51.3 Å². The van der Waals surface area contributed by atoms with E-state index in [1.165, 1.54) is 4.90 Å². The fourth-order valence-corrected chi connectivity index (χ4v) is 3.35. The summed E-state index contributed by atoms with van der Waals surface area (Å²) < 4.78 is 49.4. The smallest absolute Gasteiger partial charge is 0.416 e. The van der Waals surface area contributed by atoms with Gasteiger partial charge >= 0.3 is 12.2 Å². The third-order valence-electron chi connectivity index (χ3n) is 4.83. The number of hydrogen-bond donors (Lipinski definition) is 1. The highest BCUT2D eigenvalue weighted by Gasteiger charge is 2.31. The van der Waals surface area contributed by atoms with Gasteiger partial charge in [0.2, 0.25) is 0 Å². The van der Waals surface area contributed by atoms with Crippen LogP contribution in [0.3, 0.4) is 0 Å². The fraction of sp³-hybridized carbons (Fsp3) is 0.350. The summed E-state index contributed by atoms with van der Waals surface area (Å²) in [5.74, 6) is 1.33. The lowest BCUT2D eigenvalue weighted by Gasteiger charge is -2.36. The van der Waals surface area contributed by atoms with Gasteiger partial charge in [-0.3, -0.25) is 0 Å². The first-order chi connectivity index (χ1) is 14.2. The van der Waals surface area contributed by atoms with Crippen LogP contribution in [0.4, 0.5) is 29.3 Å². The second-order valence-electron chi connectivity index (χ2n) is 6.63. The van der Waals surface area contributed by atoms with Gasteiger partial charge in [-0.05, 0) is 30.3 Å². The number of rotatable bonds is 4. The molecule has 1 fully saturated rings. The molecule has 10 heteroatoms. The maximum atomic E-state index is 12.9. The molecule has 0 spiro atoms. The lowest BCUT2D eigenvalue weighted by molar-refractivity contribution is -0.137. The molecule has 162 valence electrons. The molecule has 0 atom stereocenters. The highest BCUT2D eigenvalue weighted by Crippen LogP contribution is 2.35. The van der Waals surface area contributed by atoms with Crippen molar-refractivity contribution in [2.24, 2.45) is 0 Å². The topological polar surface area (TPSA) is 54.0 Å². The molecular formula is C20H21ClF3N3O3. The van der Waals surface area contributed by atoms with Crippen LogP contribution in [-0.2, 0) is 6.18 Å². The number of nitrogens with zero attached hydrogens (tertiary/aromatic N) is 2. The Morgan fingerprint density at radius 3 is 2.33 bits per heavy atom. The number of hydrogen-bond acceptors (Lipinski definition) is 4. The maximum absolute atomic E-state index is 12.9. The van der Waals surface area contributed by atoms with Crippen molar-refractivity contribution in [3.63, 3.8) is 0 Å². The molecule has 3 rings (SSSR count). The molecule has 0 radical (unpaired) electrons. The number of halogens is 4. The van der Waals surface area contributed by atoms with E-state index in [1.807, 2.05) is 12.1 Å². The van der Waals surface area contributed by atoms with E-state index in [2.05, 4.69) is 10.2 Å². The highest BCUT2D eigenvalue weighted by atomic mass is 35.5. The number of alkyl halides is 3. The number of ether oxygens (including phenoxy) is 2. The molecule has 2 amide bonds. The van der Waals surface area contributed by atoms with Gasteiger partial charge in [0.05, 0.1) is 36.2 Å². The first-order valence-electron chi connectivity index (χ1n) is 9.12. The van der Waals surface area contributed by atoms with E-state index in [9.17, 15) is 18.0 Å². The molecule has 0 aliphatic carbocycles. The molecule has 2 aromatic carbocycles. The van der Waals surface area contributed by atoms with Gasteiger partial charge in [0.25, 0.3) is 0 Å². The molecule has 1 saturated heterocycles. The first kappa shape index (κ1) is 21.9. The third kappa shape index (κ3) is 4.84. The van der Waals surface area contributed by atoms with Crippen LogP contribution < -0.4 is 19.7 Å². The van der Waals surface area contributed by atoms with Crippen molar-refractivity contribution in [3.05, 3.63) is 47.0 Å². The van der Waals surface area contributed by atoms with E-state index < -0.39 is 17.8 Å². The number of amides is 2. The Balaban J connectivity index is 1.65. The fourth-order valence-electron chi connectivity index (χ4n) is 3.19. The van der Waals surface area contributed by atoms with Gasteiger partial charge < -0.3 is 24.6 Å². The van der Waals surface area contributed by atoms with Gasteiger partial charge in [-0.2, -0.15) is 13.2 Å². The molecule has 6 nitrogen and oxygen atoms in total. The van der Waals surface area contributed by atoms with E-state index in [-0.39, 0.29) is 10.7 Å². The highest BCUT2D eigenvalue weighted by molar-refractivity contribution is 6.33. The Morgan fingerprint density at radius 1 is 1.03 bits per heavy atom. The molecule has 1 N–H and O–H groups in total. The standard InChI is InChI=1S/C20H21ClF3N3O3/c1-29-14-4-6-17(18(12-14)30-2)26-7-9-27(10-8-26)19(28)25-16-11-13(20(22,23)24)3-5-15(16)21/h3-6,11-12H,7-10H2,1-2H3,(H,25,28). The number of carbonyl (C=O) groups excluding carboxylic acids is 1. The minimum absolute atomic E-state index is 0.0398. The second kappa shape index (κ2) is 8.91. The maximum Gasteiger partial charge on any atom is 0.416 e. The number of piperazine rings is 1. The number of carbonyl (C=O) groups is 1. The third-order valence-corrected chi connectivity index (χ3v) is 5.16.